The van der Waals surface area contributed by atoms with Gasteiger partial charge < -0.3 is 19.6 Å². The number of nitrogens with one attached hydrogen (secondary N) is 2. The fourth-order valence-corrected chi connectivity index (χ4v) is 6.83. The van der Waals surface area contributed by atoms with Crippen LogP contribution in [0.5, 0.6) is 0 Å². The lowest BCUT2D eigenvalue weighted by Crippen LogP contribution is -2.52. The van der Waals surface area contributed by atoms with E-state index in [1.54, 1.807) is 18.2 Å². The number of imide groups is 1. The second-order valence-electron chi connectivity index (χ2n) is 10.1. The summed E-state index contributed by atoms with van der Waals surface area (Å²) in [7, 11) is 2.88. The largest absolute Gasteiger partial charge is 0.480 e. The molecule has 0 saturated carbocycles. The van der Waals surface area contributed by atoms with Crippen molar-refractivity contribution in [2.75, 3.05) is 24.2 Å². The zero-order valence-corrected chi connectivity index (χ0v) is 25.1. The molecule has 0 aliphatic carbocycles. The fraction of sp³-hybridized carbons (Fsp3) is 0.379. The summed E-state index contributed by atoms with van der Waals surface area (Å²) in [4.78, 5) is 76.0. The van der Waals surface area contributed by atoms with E-state index in [-0.39, 0.29) is 68.5 Å². The molecular formula is C29H32N4O8S2. The van der Waals surface area contributed by atoms with Gasteiger partial charge >= 0.3 is 12.1 Å². The van der Waals surface area contributed by atoms with Gasteiger partial charge in [0.05, 0.1) is 0 Å². The van der Waals surface area contributed by atoms with Gasteiger partial charge in [-0.05, 0) is 31.0 Å². The van der Waals surface area contributed by atoms with Crippen molar-refractivity contribution >= 4 is 63.0 Å². The number of hydrogen-bond acceptors (Lipinski definition) is 9. The fourth-order valence-electron chi connectivity index (χ4n) is 4.72. The predicted octanol–water partition coefficient (Wildman–Crippen LogP) is 3.27. The Balaban J connectivity index is 1.20. The van der Waals surface area contributed by atoms with Crippen LogP contribution in [-0.2, 0) is 37.0 Å². The van der Waals surface area contributed by atoms with Crippen LogP contribution in [0.15, 0.2) is 48.5 Å². The van der Waals surface area contributed by atoms with Crippen molar-refractivity contribution in [1.29, 1.82) is 0 Å². The van der Waals surface area contributed by atoms with Crippen LogP contribution >= 0.6 is 21.6 Å². The number of rotatable bonds is 13. The molecule has 0 radical (unpaired) electrons. The molecule has 12 nitrogen and oxygen atoms in total. The third-order valence-corrected chi connectivity index (χ3v) is 9.66. The van der Waals surface area contributed by atoms with Crippen molar-refractivity contribution in [3.05, 3.63) is 65.2 Å². The van der Waals surface area contributed by atoms with E-state index in [0.717, 1.165) is 5.56 Å². The van der Waals surface area contributed by atoms with Gasteiger partial charge in [0.2, 0.25) is 17.7 Å². The third kappa shape index (κ3) is 8.74. The zero-order chi connectivity index (χ0) is 30.9. The molecule has 14 heteroatoms. The number of benzene rings is 2. The SMILES string of the molecule is CC(COC(=O)Nc1cccc2c1CN(C1CCC(=O)NC1=O)C2=O)SSCCC(=O)N(CC(=O)O)Cc1ccccc1. The quantitative estimate of drug-likeness (QED) is 0.171. The summed E-state index contributed by atoms with van der Waals surface area (Å²) < 4.78 is 5.37. The van der Waals surface area contributed by atoms with E-state index >= 15 is 0 Å². The first-order chi connectivity index (χ1) is 20.6. The van der Waals surface area contributed by atoms with Crippen molar-refractivity contribution in [2.24, 2.45) is 0 Å². The van der Waals surface area contributed by atoms with E-state index in [4.69, 9.17) is 4.74 Å². The van der Waals surface area contributed by atoms with Gasteiger partial charge in [-0.1, -0.05) is 58.0 Å². The molecule has 43 heavy (non-hydrogen) atoms. The van der Waals surface area contributed by atoms with E-state index < -0.39 is 24.0 Å². The summed E-state index contributed by atoms with van der Waals surface area (Å²) in [6.07, 6.45) is -0.140. The molecule has 0 spiro atoms. The molecule has 2 aliphatic heterocycles. The first-order valence-electron chi connectivity index (χ1n) is 13.6. The number of nitrogens with zero attached hydrogens (tertiary/aromatic N) is 2. The Morgan fingerprint density at radius 3 is 2.63 bits per heavy atom. The Bertz CT molecular complexity index is 1390. The van der Waals surface area contributed by atoms with Crippen molar-refractivity contribution in [3.8, 4) is 0 Å². The Labute approximate surface area is 256 Å². The maximum atomic E-state index is 13.0. The minimum atomic E-state index is -1.07. The highest BCUT2D eigenvalue weighted by molar-refractivity contribution is 8.76. The van der Waals surface area contributed by atoms with Gasteiger partial charge in [-0.2, -0.15) is 0 Å². The van der Waals surface area contributed by atoms with E-state index in [1.165, 1.54) is 31.4 Å². The van der Waals surface area contributed by atoms with Gasteiger partial charge in [-0.25, -0.2) is 4.79 Å². The number of fused-ring (bicyclic) bond motifs is 1. The van der Waals surface area contributed by atoms with Crippen LogP contribution in [0.3, 0.4) is 0 Å². The second kappa shape index (κ2) is 14.9. The molecule has 3 N–H and O–H groups in total. The number of aliphatic carboxylic acids is 1. The van der Waals surface area contributed by atoms with Gasteiger partial charge in [0.1, 0.15) is 19.2 Å². The molecule has 2 atom stereocenters. The maximum absolute atomic E-state index is 13.0. The molecule has 0 bridgehead atoms. The number of carbonyl (C=O) groups excluding carboxylic acids is 5. The van der Waals surface area contributed by atoms with Crippen LogP contribution in [0.25, 0.3) is 0 Å². The number of amides is 5. The van der Waals surface area contributed by atoms with E-state index in [2.05, 4.69) is 10.6 Å². The first kappa shape index (κ1) is 31.9. The lowest BCUT2D eigenvalue weighted by molar-refractivity contribution is -0.144. The maximum Gasteiger partial charge on any atom is 0.411 e. The number of hydrogen-bond donors (Lipinski definition) is 3. The molecule has 4 rings (SSSR count). The van der Waals surface area contributed by atoms with Crippen LogP contribution in [0.4, 0.5) is 10.5 Å². The summed E-state index contributed by atoms with van der Waals surface area (Å²) >= 11 is 0. The average Bonchev–Trinajstić information content (AvgIpc) is 3.31. The highest BCUT2D eigenvalue weighted by Crippen LogP contribution is 2.32. The van der Waals surface area contributed by atoms with Gasteiger partial charge in [0.25, 0.3) is 5.91 Å². The molecule has 1 fully saturated rings. The number of ether oxygens (including phenoxy) is 1. The Hall–Kier alpha value is -4.04. The molecule has 2 aliphatic rings. The molecule has 2 aromatic carbocycles. The summed E-state index contributed by atoms with van der Waals surface area (Å²) in [5.41, 5.74) is 2.20. The van der Waals surface area contributed by atoms with Gasteiger partial charge in [-0.3, -0.25) is 34.6 Å². The monoisotopic (exact) mass is 628 g/mol. The molecular weight excluding hydrogens is 596 g/mol. The van der Waals surface area contributed by atoms with Crippen molar-refractivity contribution in [3.63, 3.8) is 0 Å². The normalized spacial score (nSPS) is 16.7. The lowest BCUT2D eigenvalue weighted by Gasteiger charge is -2.29. The van der Waals surface area contributed by atoms with E-state index in [1.807, 2.05) is 37.3 Å². The van der Waals surface area contributed by atoms with Gasteiger partial charge in [-0.15, -0.1) is 0 Å². The number of piperidine rings is 1. The first-order valence-corrected chi connectivity index (χ1v) is 16.0. The predicted molar refractivity (Wildman–Crippen MR) is 161 cm³/mol. The van der Waals surface area contributed by atoms with Crippen LogP contribution in [0.1, 0.15) is 47.7 Å². The minimum absolute atomic E-state index is 0.0902. The van der Waals surface area contributed by atoms with Gasteiger partial charge in [0, 0.05) is 53.7 Å². The molecule has 228 valence electrons. The molecule has 2 unspecified atom stereocenters. The van der Waals surface area contributed by atoms with Crippen molar-refractivity contribution in [2.45, 2.75) is 50.6 Å². The van der Waals surface area contributed by atoms with Gasteiger partial charge in [0.15, 0.2) is 0 Å². The highest BCUT2D eigenvalue weighted by Gasteiger charge is 2.40. The molecule has 1 saturated heterocycles. The standard InChI is InChI=1S/C29H32N4O8S2/c1-18(43-42-13-12-25(35)32(16-26(36)37)14-19-6-3-2-4-7-19)17-41-29(40)30-22-9-5-8-20-21(22)15-33(28(20)39)23-10-11-24(34)31-27(23)38/h2-9,18,23H,10-17H2,1H3,(H,30,40)(H,36,37)(H,31,34,38). The summed E-state index contributed by atoms with van der Waals surface area (Å²) in [6.45, 7) is 1.92. The second-order valence-corrected chi connectivity index (χ2v) is 13.0. The number of carboxylic acid groups (broad SMARTS) is 1. The Morgan fingerprint density at radius 1 is 1.14 bits per heavy atom. The topological polar surface area (TPSA) is 162 Å². The highest BCUT2D eigenvalue weighted by atomic mass is 33.1. The number of carboxylic acids is 1. The van der Waals surface area contributed by atoms with Crippen LogP contribution in [-0.4, -0.2) is 80.8 Å². The zero-order valence-electron chi connectivity index (χ0n) is 23.4. The van der Waals surface area contributed by atoms with E-state index in [9.17, 15) is 33.9 Å². The van der Waals surface area contributed by atoms with Crippen LogP contribution in [0, 0.1) is 0 Å². The smallest absolute Gasteiger partial charge is 0.411 e. The molecule has 2 aromatic rings. The molecule has 5 amide bonds. The van der Waals surface area contributed by atoms with Crippen LogP contribution < -0.4 is 10.6 Å². The summed E-state index contributed by atoms with van der Waals surface area (Å²) in [6, 6.07) is 13.3. The third-order valence-electron chi connectivity index (χ3n) is 6.79. The molecule has 0 aromatic heterocycles. The average molecular weight is 629 g/mol. The Morgan fingerprint density at radius 2 is 1.91 bits per heavy atom. The van der Waals surface area contributed by atoms with E-state index in [0.29, 0.717) is 22.6 Å². The number of anilines is 1. The number of carbonyl (C=O) groups is 6. The minimum Gasteiger partial charge on any atom is -0.480 e. The van der Waals surface area contributed by atoms with Crippen LogP contribution in [0.2, 0.25) is 0 Å². The van der Waals surface area contributed by atoms with Crippen molar-refractivity contribution in [1.82, 2.24) is 15.1 Å². The summed E-state index contributed by atoms with van der Waals surface area (Å²) in [5, 5.41) is 14.0. The summed E-state index contributed by atoms with van der Waals surface area (Å²) in [5.74, 6) is -2.09. The Kier molecular flexibility index (Phi) is 11.1. The molecule has 2 heterocycles. The lowest BCUT2D eigenvalue weighted by atomic mass is 10.0. The van der Waals surface area contributed by atoms with Crippen molar-refractivity contribution < 1.29 is 38.6 Å².